The summed E-state index contributed by atoms with van der Waals surface area (Å²) in [5.41, 5.74) is 1.99. The highest BCUT2D eigenvalue weighted by atomic mass is 16.5. The summed E-state index contributed by atoms with van der Waals surface area (Å²) in [4.78, 5) is 15.2. The van der Waals surface area contributed by atoms with Gasteiger partial charge < -0.3 is 34.5 Å². The maximum Gasteiger partial charge on any atom is 0.319 e. The normalized spacial score (nSPS) is 24.1. The Balaban J connectivity index is 1.46. The molecule has 1 saturated heterocycles. The third kappa shape index (κ3) is 4.46. The smallest absolute Gasteiger partial charge is 0.319 e. The number of benzene rings is 2. The van der Waals surface area contributed by atoms with Crippen LogP contribution in [0.15, 0.2) is 36.4 Å². The maximum atomic E-state index is 12.8. The quantitative estimate of drug-likeness (QED) is 0.637. The molecule has 184 valence electrons. The highest BCUT2D eigenvalue weighted by molar-refractivity contribution is 5.89. The molecule has 3 unspecified atom stereocenters. The van der Waals surface area contributed by atoms with Gasteiger partial charge in [0.05, 0.1) is 28.4 Å². The molecule has 0 bridgehead atoms. The van der Waals surface area contributed by atoms with E-state index in [2.05, 4.69) is 34.7 Å². The molecule has 2 fully saturated rings. The number of urea groups is 1. The van der Waals surface area contributed by atoms with E-state index in [0.29, 0.717) is 23.2 Å². The fraction of sp³-hybridized carbons (Fsp3) is 0.500. The number of rotatable bonds is 7. The van der Waals surface area contributed by atoms with Crippen molar-refractivity contribution < 1.29 is 23.7 Å². The molecule has 1 heterocycles. The van der Waals surface area contributed by atoms with E-state index >= 15 is 0 Å². The summed E-state index contributed by atoms with van der Waals surface area (Å²) in [5, 5.41) is 6.11. The molecule has 2 amide bonds. The molecule has 2 aromatic carbocycles. The molecule has 1 aliphatic carbocycles. The van der Waals surface area contributed by atoms with E-state index in [9.17, 15) is 4.79 Å². The lowest BCUT2D eigenvalue weighted by Gasteiger charge is -2.45. The van der Waals surface area contributed by atoms with Gasteiger partial charge in [0, 0.05) is 29.3 Å². The topological polar surface area (TPSA) is 81.3 Å². The standard InChI is InChI=1S/C26H35N3O5/c1-29-13-12-26(17-6-8-20(31-2)22(14-17)33-4)11-10-19(16-24(26)29)28-25(30)27-18-7-9-21(32-3)23(15-18)34-5/h6-9,14-15,19,24H,10-13,16H2,1-5H3,(H2,27,28,30). The lowest BCUT2D eigenvalue weighted by molar-refractivity contribution is 0.156. The van der Waals surface area contributed by atoms with Crippen LogP contribution in [-0.2, 0) is 5.41 Å². The SMILES string of the molecule is COc1ccc(NC(=O)NC2CCC3(c4ccc(OC)c(OC)c4)CCN(C)C3C2)cc1OC. The highest BCUT2D eigenvalue weighted by Gasteiger charge is 2.50. The average Bonchev–Trinajstić information content (AvgIpc) is 3.20. The Hall–Kier alpha value is -3.13. The summed E-state index contributed by atoms with van der Waals surface area (Å²) in [7, 11) is 8.68. The van der Waals surface area contributed by atoms with Crippen molar-refractivity contribution in [2.45, 2.75) is 43.2 Å². The van der Waals surface area contributed by atoms with Crippen molar-refractivity contribution >= 4 is 11.7 Å². The highest BCUT2D eigenvalue weighted by Crippen LogP contribution is 2.49. The zero-order valence-electron chi connectivity index (χ0n) is 20.6. The van der Waals surface area contributed by atoms with Crippen LogP contribution in [0.3, 0.4) is 0 Å². The molecule has 0 aromatic heterocycles. The van der Waals surface area contributed by atoms with Crippen molar-refractivity contribution in [3.63, 3.8) is 0 Å². The van der Waals surface area contributed by atoms with Crippen molar-refractivity contribution in [3.8, 4) is 23.0 Å². The van der Waals surface area contributed by atoms with Crippen LogP contribution in [0.4, 0.5) is 10.5 Å². The number of methoxy groups -OCH3 is 4. The minimum Gasteiger partial charge on any atom is -0.493 e. The Morgan fingerprint density at radius 1 is 0.912 bits per heavy atom. The molecule has 8 heteroatoms. The first kappa shape index (κ1) is 24.0. The minimum atomic E-state index is -0.212. The van der Waals surface area contributed by atoms with Gasteiger partial charge >= 0.3 is 6.03 Å². The molecule has 8 nitrogen and oxygen atoms in total. The molecule has 0 spiro atoms. The van der Waals surface area contributed by atoms with Crippen LogP contribution < -0.4 is 29.6 Å². The molecule has 4 rings (SSSR count). The lowest BCUT2D eigenvalue weighted by Crippen LogP contribution is -2.52. The number of hydrogen-bond acceptors (Lipinski definition) is 6. The van der Waals surface area contributed by atoms with Crippen LogP contribution in [0.25, 0.3) is 0 Å². The second-order valence-corrected chi connectivity index (χ2v) is 9.11. The predicted octanol–water partition coefficient (Wildman–Crippen LogP) is 4.04. The summed E-state index contributed by atoms with van der Waals surface area (Å²) in [6.45, 7) is 1.03. The van der Waals surface area contributed by atoms with Crippen LogP contribution in [0, 0.1) is 0 Å². The first-order chi connectivity index (χ1) is 16.4. The number of likely N-dealkylation sites (tertiary alicyclic amines) is 1. The van der Waals surface area contributed by atoms with Crippen molar-refractivity contribution in [2.24, 2.45) is 0 Å². The number of nitrogens with zero attached hydrogens (tertiary/aromatic N) is 1. The van der Waals surface area contributed by atoms with Gasteiger partial charge in [-0.05, 0) is 69.1 Å². The van der Waals surface area contributed by atoms with Gasteiger partial charge in [0.1, 0.15) is 0 Å². The zero-order valence-corrected chi connectivity index (χ0v) is 20.6. The fourth-order valence-electron chi connectivity index (χ4n) is 5.66. The number of fused-ring (bicyclic) bond motifs is 1. The van der Waals surface area contributed by atoms with E-state index in [1.54, 1.807) is 46.6 Å². The number of likely N-dealkylation sites (N-methyl/N-ethyl adjacent to an activating group) is 1. The van der Waals surface area contributed by atoms with Gasteiger partial charge in [-0.2, -0.15) is 0 Å². The number of carbonyl (C=O) groups excluding carboxylic acids is 1. The van der Waals surface area contributed by atoms with E-state index in [0.717, 1.165) is 43.7 Å². The Morgan fingerprint density at radius 3 is 2.24 bits per heavy atom. The second-order valence-electron chi connectivity index (χ2n) is 9.11. The number of nitrogens with one attached hydrogen (secondary N) is 2. The third-order valence-corrected chi connectivity index (χ3v) is 7.46. The maximum absolute atomic E-state index is 12.8. The van der Waals surface area contributed by atoms with Crippen molar-refractivity contribution in [1.29, 1.82) is 0 Å². The summed E-state index contributed by atoms with van der Waals surface area (Å²) < 4.78 is 21.6. The fourth-order valence-corrected chi connectivity index (χ4v) is 5.66. The van der Waals surface area contributed by atoms with Crippen LogP contribution in [0.5, 0.6) is 23.0 Å². The lowest BCUT2D eigenvalue weighted by atomic mass is 9.65. The molecule has 2 aliphatic rings. The van der Waals surface area contributed by atoms with Crippen LogP contribution in [0.2, 0.25) is 0 Å². The molecule has 2 N–H and O–H groups in total. The van der Waals surface area contributed by atoms with Gasteiger partial charge in [-0.25, -0.2) is 4.79 Å². The van der Waals surface area contributed by atoms with Crippen LogP contribution in [-0.4, -0.2) is 65.0 Å². The number of anilines is 1. The van der Waals surface area contributed by atoms with E-state index in [4.69, 9.17) is 18.9 Å². The number of amides is 2. The number of ether oxygens (including phenoxy) is 4. The van der Waals surface area contributed by atoms with Gasteiger partial charge in [-0.15, -0.1) is 0 Å². The van der Waals surface area contributed by atoms with Crippen molar-refractivity contribution in [3.05, 3.63) is 42.0 Å². The summed E-state index contributed by atoms with van der Waals surface area (Å²) >= 11 is 0. The largest absolute Gasteiger partial charge is 0.493 e. The van der Waals surface area contributed by atoms with Gasteiger partial charge in [-0.3, -0.25) is 0 Å². The zero-order chi connectivity index (χ0) is 24.3. The minimum absolute atomic E-state index is 0.0479. The third-order valence-electron chi connectivity index (χ3n) is 7.46. The molecule has 34 heavy (non-hydrogen) atoms. The molecule has 2 aromatic rings. The van der Waals surface area contributed by atoms with Gasteiger partial charge in [0.2, 0.25) is 0 Å². The Labute approximate surface area is 201 Å². The van der Waals surface area contributed by atoms with Crippen molar-refractivity contribution in [1.82, 2.24) is 10.2 Å². The van der Waals surface area contributed by atoms with E-state index in [1.165, 1.54) is 5.56 Å². The van der Waals surface area contributed by atoms with E-state index in [1.807, 2.05) is 6.07 Å². The molecular formula is C26H35N3O5. The molecular weight excluding hydrogens is 434 g/mol. The molecule has 1 saturated carbocycles. The summed E-state index contributed by atoms with van der Waals surface area (Å²) in [6, 6.07) is 11.9. The average molecular weight is 470 g/mol. The Kier molecular flexibility index (Phi) is 7.07. The van der Waals surface area contributed by atoms with E-state index in [-0.39, 0.29) is 17.5 Å². The number of carbonyl (C=O) groups is 1. The second kappa shape index (κ2) is 10.0. The van der Waals surface area contributed by atoms with Crippen LogP contribution in [0.1, 0.15) is 31.2 Å². The van der Waals surface area contributed by atoms with E-state index < -0.39 is 0 Å². The Morgan fingerprint density at radius 2 is 1.56 bits per heavy atom. The molecule has 0 radical (unpaired) electrons. The van der Waals surface area contributed by atoms with Crippen LogP contribution >= 0.6 is 0 Å². The Bertz CT molecular complexity index is 1030. The molecule has 1 aliphatic heterocycles. The summed E-state index contributed by atoms with van der Waals surface area (Å²) in [6.07, 6.45) is 3.90. The monoisotopic (exact) mass is 469 g/mol. The number of hydrogen-bond donors (Lipinski definition) is 2. The van der Waals surface area contributed by atoms with Crippen molar-refractivity contribution in [2.75, 3.05) is 47.3 Å². The summed E-state index contributed by atoms with van der Waals surface area (Å²) in [5.74, 6) is 2.70. The van der Waals surface area contributed by atoms with Gasteiger partial charge in [-0.1, -0.05) is 6.07 Å². The predicted molar refractivity (Wildman–Crippen MR) is 132 cm³/mol. The van der Waals surface area contributed by atoms with Gasteiger partial charge in [0.25, 0.3) is 0 Å². The first-order valence-corrected chi connectivity index (χ1v) is 11.7. The first-order valence-electron chi connectivity index (χ1n) is 11.7. The molecule has 3 atom stereocenters. The van der Waals surface area contributed by atoms with Gasteiger partial charge in [0.15, 0.2) is 23.0 Å².